The maximum Gasteiger partial charge on any atom is 0.229 e. The highest BCUT2D eigenvalue weighted by atomic mass is 15.2. The van der Waals surface area contributed by atoms with Crippen LogP contribution in [0, 0.1) is 0 Å². The van der Waals surface area contributed by atoms with Gasteiger partial charge < -0.3 is 10.2 Å². The van der Waals surface area contributed by atoms with Crippen molar-refractivity contribution >= 4 is 17.5 Å². The van der Waals surface area contributed by atoms with Gasteiger partial charge in [0.1, 0.15) is 5.82 Å². The highest BCUT2D eigenvalue weighted by Gasteiger charge is 2.15. The minimum absolute atomic E-state index is 0.646. The molecule has 1 fully saturated rings. The molecule has 2 heterocycles. The average Bonchev–Trinajstić information content (AvgIpc) is 2.70. The summed E-state index contributed by atoms with van der Waals surface area (Å²) in [5.74, 6) is 1.65. The van der Waals surface area contributed by atoms with E-state index in [2.05, 4.69) is 28.4 Å². The van der Waals surface area contributed by atoms with Gasteiger partial charge in [-0.25, -0.2) is 4.98 Å². The monoisotopic (exact) mass is 330 g/mol. The average molecular weight is 330 g/mol. The van der Waals surface area contributed by atoms with Crippen LogP contribution in [0.4, 0.5) is 17.5 Å². The first-order chi connectivity index (χ1) is 12.4. The van der Waals surface area contributed by atoms with Crippen molar-refractivity contribution in [3.63, 3.8) is 0 Å². The molecule has 4 nitrogen and oxygen atoms in total. The minimum Gasteiger partial charge on any atom is -0.356 e. The molecule has 1 aromatic heterocycles. The molecule has 0 unspecified atom stereocenters. The summed E-state index contributed by atoms with van der Waals surface area (Å²) in [5, 5.41) is 3.34. The number of benzene rings is 2. The molecule has 0 bridgehead atoms. The molecule has 0 radical (unpaired) electrons. The van der Waals surface area contributed by atoms with Gasteiger partial charge in [-0.05, 0) is 31.4 Å². The van der Waals surface area contributed by atoms with Crippen LogP contribution in [-0.2, 0) is 0 Å². The number of anilines is 3. The number of aromatic nitrogens is 2. The van der Waals surface area contributed by atoms with E-state index in [1.807, 2.05) is 48.5 Å². The molecule has 0 spiro atoms. The fraction of sp³-hybridized carbons (Fsp3) is 0.238. The number of piperidine rings is 1. The second-order valence-corrected chi connectivity index (χ2v) is 6.34. The first-order valence-corrected chi connectivity index (χ1v) is 8.90. The Bertz CT molecular complexity index is 812. The van der Waals surface area contributed by atoms with E-state index in [4.69, 9.17) is 9.97 Å². The molecule has 1 N–H and O–H groups in total. The van der Waals surface area contributed by atoms with Gasteiger partial charge in [-0.2, -0.15) is 4.98 Å². The van der Waals surface area contributed by atoms with Crippen LogP contribution in [0.15, 0.2) is 66.7 Å². The molecule has 0 aliphatic carbocycles. The van der Waals surface area contributed by atoms with Crippen LogP contribution < -0.4 is 10.2 Å². The third-order valence-electron chi connectivity index (χ3n) is 4.49. The number of hydrogen-bond acceptors (Lipinski definition) is 4. The number of hydrogen-bond donors (Lipinski definition) is 1. The SMILES string of the molecule is c1ccc(Nc2nc(-c3ccccc3)cc(N3CCCCC3)n2)cc1. The maximum atomic E-state index is 4.78. The third-order valence-corrected chi connectivity index (χ3v) is 4.49. The van der Waals surface area contributed by atoms with Crippen LogP contribution in [0.3, 0.4) is 0 Å². The predicted molar refractivity (Wildman–Crippen MR) is 103 cm³/mol. The summed E-state index contributed by atoms with van der Waals surface area (Å²) in [7, 11) is 0. The Labute approximate surface area is 148 Å². The Morgan fingerprint density at radius 3 is 2.16 bits per heavy atom. The van der Waals surface area contributed by atoms with Crippen LogP contribution in [-0.4, -0.2) is 23.1 Å². The summed E-state index contributed by atoms with van der Waals surface area (Å²) >= 11 is 0. The number of nitrogens with zero attached hydrogens (tertiary/aromatic N) is 3. The maximum absolute atomic E-state index is 4.78. The summed E-state index contributed by atoms with van der Waals surface area (Å²) in [6.45, 7) is 2.13. The molecule has 0 amide bonds. The quantitative estimate of drug-likeness (QED) is 0.740. The Kier molecular flexibility index (Phi) is 4.59. The standard InChI is InChI=1S/C21H22N4/c1-4-10-17(11-5-1)19-16-20(25-14-8-3-9-15-25)24-21(23-19)22-18-12-6-2-7-13-18/h1-2,4-7,10-13,16H,3,8-9,14-15H2,(H,22,23,24). The van der Waals surface area contributed by atoms with Crippen molar-refractivity contribution < 1.29 is 0 Å². The Morgan fingerprint density at radius 2 is 1.44 bits per heavy atom. The zero-order valence-corrected chi connectivity index (χ0v) is 14.2. The van der Waals surface area contributed by atoms with Crippen molar-refractivity contribution in [3.8, 4) is 11.3 Å². The Morgan fingerprint density at radius 1 is 0.760 bits per heavy atom. The van der Waals surface area contributed by atoms with E-state index in [9.17, 15) is 0 Å². The summed E-state index contributed by atoms with van der Waals surface area (Å²) in [6, 6.07) is 22.5. The summed E-state index contributed by atoms with van der Waals surface area (Å²) in [6.07, 6.45) is 3.76. The molecule has 1 aliphatic rings. The molecule has 0 saturated carbocycles. The lowest BCUT2D eigenvalue weighted by Gasteiger charge is -2.28. The van der Waals surface area contributed by atoms with E-state index >= 15 is 0 Å². The highest BCUT2D eigenvalue weighted by molar-refractivity contribution is 5.66. The minimum atomic E-state index is 0.646. The van der Waals surface area contributed by atoms with E-state index < -0.39 is 0 Å². The molecule has 126 valence electrons. The van der Waals surface area contributed by atoms with Gasteiger partial charge in [-0.1, -0.05) is 48.5 Å². The van der Waals surface area contributed by atoms with Gasteiger partial charge in [0.2, 0.25) is 5.95 Å². The summed E-state index contributed by atoms with van der Waals surface area (Å²) < 4.78 is 0. The summed E-state index contributed by atoms with van der Waals surface area (Å²) in [5.41, 5.74) is 3.06. The van der Waals surface area contributed by atoms with Crippen LogP contribution in [0.1, 0.15) is 19.3 Å². The van der Waals surface area contributed by atoms with E-state index in [1.165, 1.54) is 19.3 Å². The molecule has 25 heavy (non-hydrogen) atoms. The molecule has 3 aromatic rings. The largest absolute Gasteiger partial charge is 0.356 e. The predicted octanol–water partition coefficient (Wildman–Crippen LogP) is 4.88. The molecule has 1 aliphatic heterocycles. The van der Waals surface area contributed by atoms with Crippen molar-refractivity contribution in [3.05, 3.63) is 66.7 Å². The lowest BCUT2D eigenvalue weighted by atomic mass is 10.1. The zero-order valence-electron chi connectivity index (χ0n) is 14.2. The lowest BCUT2D eigenvalue weighted by Crippen LogP contribution is -2.30. The van der Waals surface area contributed by atoms with Crippen LogP contribution >= 0.6 is 0 Å². The highest BCUT2D eigenvalue weighted by Crippen LogP contribution is 2.26. The molecule has 0 atom stereocenters. The van der Waals surface area contributed by atoms with E-state index in [0.717, 1.165) is 35.9 Å². The smallest absolute Gasteiger partial charge is 0.229 e. The van der Waals surface area contributed by atoms with Crippen molar-refractivity contribution in [1.29, 1.82) is 0 Å². The normalized spacial score (nSPS) is 14.3. The molecular weight excluding hydrogens is 308 g/mol. The molecular formula is C21H22N4. The fourth-order valence-corrected chi connectivity index (χ4v) is 3.18. The van der Waals surface area contributed by atoms with Crippen LogP contribution in [0.2, 0.25) is 0 Å². The van der Waals surface area contributed by atoms with Gasteiger partial charge in [0.05, 0.1) is 5.69 Å². The van der Waals surface area contributed by atoms with Gasteiger partial charge in [0.25, 0.3) is 0 Å². The number of nitrogens with one attached hydrogen (secondary N) is 1. The second-order valence-electron chi connectivity index (χ2n) is 6.34. The second kappa shape index (κ2) is 7.34. The molecule has 1 saturated heterocycles. The fourth-order valence-electron chi connectivity index (χ4n) is 3.18. The van der Waals surface area contributed by atoms with Gasteiger partial charge >= 0.3 is 0 Å². The molecule has 4 rings (SSSR count). The van der Waals surface area contributed by atoms with Crippen molar-refractivity contribution in [2.75, 3.05) is 23.3 Å². The summed E-state index contributed by atoms with van der Waals surface area (Å²) in [4.78, 5) is 11.9. The van der Waals surface area contributed by atoms with Gasteiger partial charge in [-0.3, -0.25) is 0 Å². The third kappa shape index (κ3) is 3.79. The van der Waals surface area contributed by atoms with Crippen LogP contribution in [0.5, 0.6) is 0 Å². The Balaban J connectivity index is 1.72. The molecule has 4 heteroatoms. The van der Waals surface area contributed by atoms with Gasteiger partial charge in [0.15, 0.2) is 0 Å². The number of para-hydroxylation sites is 1. The first-order valence-electron chi connectivity index (χ1n) is 8.90. The number of rotatable bonds is 4. The van der Waals surface area contributed by atoms with Crippen LogP contribution in [0.25, 0.3) is 11.3 Å². The van der Waals surface area contributed by atoms with Gasteiger partial charge in [0, 0.05) is 30.4 Å². The lowest BCUT2D eigenvalue weighted by molar-refractivity contribution is 0.573. The van der Waals surface area contributed by atoms with Crippen molar-refractivity contribution in [1.82, 2.24) is 9.97 Å². The van der Waals surface area contributed by atoms with Gasteiger partial charge in [-0.15, -0.1) is 0 Å². The van der Waals surface area contributed by atoms with Crippen molar-refractivity contribution in [2.24, 2.45) is 0 Å². The Hall–Kier alpha value is -2.88. The topological polar surface area (TPSA) is 41.1 Å². The van der Waals surface area contributed by atoms with Crippen molar-refractivity contribution in [2.45, 2.75) is 19.3 Å². The molecule has 2 aromatic carbocycles. The first kappa shape index (κ1) is 15.6. The van der Waals surface area contributed by atoms with E-state index in [0.29, 0.717) is 5.95 Å². The van der Waals surface area contributed by atoms with E-state index in [1.54, 1.807) is 0 Å². The van der Waals surface area contributed by atoms with E-state index in [-0.39, 0.29) is 0 Å². The zero-order chi connectivity index (χ0) is 16.9.